The van der Waals surface area contributed by atoms with E-state index in [4.69, 9.17) is 9.47 Å². The molecule has 2 heterocycles. The lowest BCUT2D eigenvalue weighted by Crippen LogP contribution is -2.17. The molecule has 0 radical (unpaired) electrons. The zero-order chi connectivity index (χ0) is 15.6. The van der Waals surface area contributed by atoms with Crippen LogP contribution in [0.25, 0.3) is 10.2 Å². The molecule has 116 valence electrons. The molecule has 0 atom stereocenters. The van der Waals surface area contributed by atoms with Gasteiger partial charge < -0.3 is 14.8 Å². The molecule has 1 aliphatic heterocycles. The average Bonchev–Trinajstić information content (AvgIpc) is 3.02. The van der Waals surface area contributed by atoms with Gasteiger partial charge in [0, 0.05) is 5.56 Å². The highest BCUT2D eigenvalue weighted by atomic mass is 32.1. The number of carbonyl (C=O) groups excluding carboxylic acids is 1. The molecule has 0 spiro atoms. The van der Waals surface area contributed by atoms with Gasteiger partial charge in [0.2, 0.25) is 0 Å². The van der Waals surface area contributed by atoms with E-state index in [2.05, 4.69) is 10.3 Å². The zero-order valence-corrected chi connectivity index (χ0v) is 13.1. The summed E-state index contributed by atoms with van der Waals surface area (Å²) in [6, 6.07) is 13.2. The first-order valence-electron chi connectivity index (χ1n) is 7.32. The lowest BCUT2D eigenvalue weighted by Gasteiger charge is -2.18. The number of nitrogens with one attached hydrogen (secondary N) is 1. The lowest BCUT2D eigenvalue weighted by atomic mass is 10.1. The van der Waals surface area contributed by atoms with Gasteiger partial charge in [0.15, 0.2) is 22.4 Å². The van der Waals surface area contributed by atoms with Crippen molar-refractivity contribution in [3.63, 3.8) is 0 Å². The van der Waals surface area contributed by atoms with Crippen LogP contribution in [0.1, 0.15) is 10.4 Å². The molecule has 0 unspecified atom stereocenters. The van der Waals surface area contributed by atoms with E-state index < -0.39 is 0 Å². The summed E-state index contributed by atoms with van der Waals surface area (Å²) >= 11 is 1.54. The molecule has 4 rings (SSSR count). The largest absolute Gasteiger partial charge is 0.486 e. The lowest BCUT2D eigenvalue weighted by molar-refractivity contribution is 0.100. The highest BCUT2D eigenvalue weighted by Gasteiger charge is 2.15. The van der Waals surface area contributed by atoms with Crippen LogP contribution in [0.4, 0.5) is 5.13 Å². The topological polar surface area (TPSA) is 60.5 Å². The highest BCUT2D eigenvalue weighted by molar-refractivity contribution is 7.22. The third-order valence-corrected chi connectivity index (χ3v) is 4.55. The normalized spacial score (nSPS) is 13.0. The van der Waals surface area contributed by atoms with E-state index >= 15 is 0 Å². The van der Waals surface area contributed by atoms with Crippen molar-refractivity contribution in [3.8, 4) is 11.5 Å². The van der Waals surface area contributed by atoms with Gasteiger partial charge >= 0.3 is 0 Å². The van der Waals surface area contributed by atoms with Gasteiger partial charge in [-0.3, -0.25) is 4.79 Å². The summed E-state index contributed by atoms with van der Waals surface area (Å²) in [6.45, 7) is 1.24. The summed E-state index contributed by atoms with van der Waals surface area (Å²) in [7, 11) is 0. The number of ketones is 1. The van der Waals surface area contributed by atoms with Crippen LogP contribution in [0.3, 0.4) is 0 Å². The molecule has 1 aliphatic rings. The van der Waals surface area contributed by atoms with E-state index in [1.165, 1.54) is 11.3 Å². The molecule has 0 aliphatic carbocycles. The number of carbonyl (C=O) groups is 1. The van der Waals surface area contributed by atoms with Crippen molar-refractivity contribution in [3.05, 3.63) is 48.0 Å². The first kappa shape index (κ1) is 14.0. The third kappa shape index (κ3) is 2.85. The number of ether oxygens (including phenoxy) is 2. The third-order valence-electron chi connectivity index (χ3n) is 3.56. The Morgan fingerprint density at radius 2 is 1.96 bits per heavy atom. The summed E-state index contributed by atoms with van der Waals surface area (Å²) in [5.41, 5.74) is 1.54. The van der Waals surface area contributed by atoms with Crippen LogP contribution in [0.15, 0.2) is 42.5 Å². The van der Waals surface area contributed by atoms with E-state index in [1.807, 2.05) is 24.3 Å². The first-order valence-corrected chi connectivity index (χ1v) is 8.13. The Bertz CT molecular complexity index is 842. The number of thiazole rings is 1. The maximum Gasteiger partial charge on any atom is 0.184 e. The summed E-state index contributed by atoms with van der Waals surface area (Å²) in [6.07, 6.45) is 0. The maximum atomic E-state index is 12.3. The Labute approximate surface area is 136 Å². The minimum atomic E-state index is -0.0128. The van der Waals surface area contributed by atoms with Crippen molar-refractivity contribution in [1.29, 1.82) is 0 Å². The van der Waals surface area contributed by atoms with Crippen molar-refractivity contribution in [2.24, 2.45) is 0 Å². The summed E-state index contributed by atoms with van der Waals surface area (Å²) < 4.78 is 12.1. The smallest absolute Gasteiger partial charge is 0.184 e. The van der Waals surface area contributed by atoms with Gasteiger partial charge in [-0.1, -0.05) is 23.5 Å². The number of Topliss-reactive ketones (excluding diaryl/α,β-unsaturated/α-hetero) is 1. The molecular weight excluding hydrogens is 312 g/mol. The van der Waals surface area contributed by atoms with Gasteiger partial charge in [-0.2, -0.15) is 0 Å². The first-order chi connectivity index (χ1) is 11.3. The maximum absolute atomic E-state index is 12.3. The minimum Gasteiger partial charge on any atom is -0.486 e. The van der Waals surface area contributed by atoms with Crippen LogP contribution < -0.4 is 14.8 Å². The van der Waals surface area contributed by atoms with Crippen LogP contribution in [0.2, 0.25) is 0 Å². The van der Waals surface area contributed by atoms with Crippen LogP contribution in [0.5, 0.6) is 11.5 Å². The fourth-order valence-corrected chi connectivity index (χ4v) is 3.28. The number of anilines is 1. The molecule has 5 nitrogen and oxygen atoms in total. The number of hydrogen-bond donors (Lipinski definition) is 1. The molecular formula is C17H14N2O3S. The van der Waals surface area contributed by atoms with Gasteiger partial charge in [0.1, 0.15) is 13.2 Å². The Balaban J connectivity index is 1.47. The average molecular weight is 326 g/mol. The zero-order valence-electron chi connectivity index (χ0n) is 12.2. The molecule has 1 N–H and O–H groups in total. The standard InChI is InChI=1S/C17H14N2O3S/c20-13(11-5-6-14-15(9-11)22-8-7-21-14)10-18-17-19-12-3-1-2-4-16(12)23-17/h1-6,9H,7-8,10H2,(H,18,19). The Morgan fingerprint density at radius 1 is 1.13 bits per heavy atom. The van der Waals surface area contributed by atoms with Gasteiger partial charge in [-0.15, -0.1) is 0 Å². The highest BCUT2D eigenvalue weighted by Crippen LogP contribution is 2.31. The number of hydrogen-bond acceptors (Lipinski definition) is 6. The predicted molar refractivity (Wildman–Crippen MR) is 89.9 cm³/mol. The Kier molecular flexibility index (Phi) is 3.59. The van der Waals surface area contributed by atoms with Gasteiger partial charge in [-0.05, 0) is 30.3 Å². The van der Waals surface area contributed by atoms with Crippen molar-refractivity contribution < 1.29 is 14.3 Å². The van der Waals surface area contributed by atoms with Crippen LogP contribution in [0, 0.1) is 0 Å². The Hall–Kier alpha value is -2.60. The molecule has 2 aromatic carbocycles. The van der Waals surface area contributed by atoms with Gasteiger partial charge in [-0.25, -0.2) is 4.98 Å². The van der Waals surface area contributed by atoms with Crippen LogP contribution in [-0.4, -0.2) is 30.5 Å². The van der Waals surface area contributed by atoms with E-state index in [0.29, 0.717) is 30.3 Å². The van der Waals surface area contributed by atoms with E-state index in [-0.39, 0.29) is 12.3 Å². The molecule has 6 heteroatoms. The van der Waals surface area contributed by atoms with Crippen LogP contribution >= 0.6 is 11.3 Å². The minimum absolute atomic E-state index is 0.0128. The molecule has 0 saturated heterocycles. The fraction of sp³-hybridized carbons (Fsp3) is 0.176. The molecule has 0 saturated carbocycles. The fourth-order valence-electron chi connectivity index (χ4n) is 2.42. The monoisotopic (exact) mass is 326 g/mol. The van der Waals surface area contributed by atoms with Crippen molar-refractivity contribution in [1.82, 2.24) is 4.98 Å². The molecule has 23 heavy (non-hydrogen) atoms. The van der Waals surface area contributed by atoms with E-state index in [9.17, 15) is 4.79 Å². The number of para-hydroxylation sites is 1. The van der Waals surface area contributed by atoms with E-state index in [0.717, 1.165) is 15.3 Å². The SMILES string of the molecule is O=C(CNc1nc2ccccc2s1)c1ccc2c(c1)OCCO2. The summed E-state index contributed by atoms with van der Waals surface area (Å²) in [5, 5.41) is 3.85. The molecule has 3 aromatic rings. The van der Waals surface area contributed by atoms with Crippen molar-refractivity contribution in [2.75, 3.05) is 25.1 Å². The van der Waals surface area contributed by atoms with Gasteiger partial charge in [0.25, 0.3) is 0 Å². The number of fused-ring (bicyclic) bond motifs is 2. The predicted octanol–water partition coefficient (Wildman–Crippen LogP) is 3.36. The summed E-state index contributed by atoms with van der Waals surface area (Å²) in [5.74, 6) is 1.30. The molecule has 0 fully saturated rings. The number of nitrogens with zero attached hydrogens (tertiary/aromatic N) is 1. The van der Waals surface area contributed by atoms with Crippen molar-refractivity contribution in [2.45, 2.75) is 0 Å². The van der Waals surface area contributed by atoms with Crippen molar-refractivity contribution >= 4 is 32.5 Å². The number of rotatable bonds is 4. The number of benzene rings is 2. The second-order valence-corrected chi connectivity index (χ2v) is 6.15. The summed E-state index contributed by atoms with van der Waals surface area (Å²) in [4.78, 5) is 16.8. The second kappa shape index (κ2) is 5.89. The molecule has 1 aromatic heterocycles. The van der Waals surface area contributed by atoms with Crippen LogP contribution in [-0.2, 0) is 0 Å². The number of aromatic nitrogens is 1. The van der Waals surface area contributed by atoms with E-state index in [1.54, 1.807) is 18.2 Å². The van der Waals surface area contributed by atoms with Gasteiger partial charge in [0.05, 0.1) is 16.8 Å². The molecule has 0 amide bonds. The molecule has 0 bridgehead atoms. The Morgan fingerprint density at radius 3 is 2.83 bits per heavy atom. The second-order valence-electron chi connectivity index (χ2n) is 5.12. The quantitative estimate of drug-likeness (QED) is 0.745.